The number of ether oxygens (including phenoxy) is 2. The van der Waals surface area contributed by atoms with E-state index in [9.17, 15) is 4.79 Å². The molecule has 0 saturated carbocycles. The molecule has 0 aromatic heterocycles. The second-order valence-electron chi connectivity index (χ2n) is 6.65. The molecule has 1 rings (SSSR count). The van der Waals surface area contributed by atoms with Crippen molar-refractivity contribution in [3.63, 3.8) is 0 Å². The quantitative estimate of drug-likeness (QED) is 0.230. The van der Waals surface area contributed by atoms with Crippen molar-refractivity contribution >= 4 is 5.97 Å². The number of hydrogen-bond acceptors (Lipinski definition) is 3. The summed E-state index contributed by atoms with van der Waals surface area (Å²) in [4.78, 5) is 11.0. The van der Waals surface area contributed by atoms with Crippen LogP contribution in [0.15, 0.2) is 0 Å². The van der Waals surface area contributed by atoms with Gasteiger partial charge in [0.2, 0.25) is 0 Å². The first-order valence-electron chi connectivity index (χ1n) is 9.50. The molecule has 3 heteroatoms. The molecule has 0 N–H and O–H groups in total. The van der Waals surface area contributed by atoms with Crippen LogP contribution < -0.4 is 0 Å². The van der Waals surface area contributed by atoms with Crippen molar-refractivity contribution in [1.29, 1.82) is 0 Å². The van der Waals surface area contributed by atoms with E-state index in [4.69, 9.17) is 4.74 Å². The lowest BCUT2D eigenvalue weighted by Crippen LogP contribution is -1.99. The Morgan fingerprint density at radius 1 is 0.818 bits per heavy atom. The molecule has 1 saturated heterocycles. The van der Waals surface area contributed by atoms with E-state index in [1.807, 2.05) is 0 Å². The van der Waals surface area contributed by atoms with Crippen molar-refractivity contribution in [2.24, 2.45) is 0 Å². The average Bonchev–Trinajstić information content (AvgIpc) is 3.28. The van der Waals surface area contributed by atoms with Crippen molar-refractivity contribution in [2.45, 2.75) is 109 Å². The maximum atomic E-state index is 11.0. The zero-order valence-corrected chi connectivity index (χ0v) is 14.8. The Bertz CT molecular complexity index is 278. The van der Waals surface area contributed by atoms with E-state index >= 15 is 0 Å². The van der Waals surface area contributed by atoms with E-state index in [1.54, 1.807) is 0 Å². The first-order chi connectivity index (χ1) is 10.8. The lowest BCUT2D eigenvalue weighted by Gasteiger charge is -2.01. The molecule has 0 aromatic carbocycles. The summed E-state index contributed by atoms with van der Waals surface area (Å²) in [5, 5.41) is 0. The fourth-order valence-electron chi connectivity index (χ4n) is 3.06. The molecule has 0 unspecified atom stereocenters. The van der Waals surface area contributed by atoms with Gasteiger partial charge in [-0.1, -0.05) is 71.1 Å². The SMILES string of the molecule is CCCCCCCC[C@H]1O[C@H]1CCCCCCCC(=O)OC. The number of epoxide rings is 1. The van der Waals surface area contributed by atoms with Crippen molar-refractivity contribution in [3.05, 3.63) is 0 Å². The fraction of sp³-hybridized carbons (Fsp3) is 0.947. The summed E-state index contributed by atoms with van der Waals surface area (Å²) in [6.07, 6.45) is 18.3. The molecule has 0 aliphatic carbocycles. The Kier molecular flexibility index (Phi) is 11.4. The molecular weight excluding hydrogens is 276 g/mol. The van der Waals surface area contributed by atoms with Crippen molar-refractivity contribution in [3.8, 4) is 0 Å². The van der Waals surface area contributed by atoms with Gasteiger partial charge in [-0.05, 0) is 19.3 Å². The zero-order chi connectivity index (χ0) is 16.0. The lowest BCUT2D eigenvalue weighted by molar-refractivity contribution is -0.140. The van der Waals surface area contributed by atoms with Crippen LogP contribution in [0, 0.1) is 0 Å². The monoisotopic (exact) mass is 312 g/mol. The Hall–Kier alpha value is -0.570. The van der Waals surface area contributed by atoms with Crippen molar-refractivity contribution in [2.75, 3.05) is 7.11 Å². The Morgan fingerprint density at radius 3 is 1.86 bits per heavy atom. The third-order valence-electron chi connectivity index (χ3n) is 4.63. The first-order valence-corrected chi connectivity index (χ1v) is 9.50. The lowest BCUT2D eigenvalue weighted by atomic mass is 10.0. The maximum Gasteiger partial charge on any atom is 0.305 e. The molecule has 0 amide bonds. The number of hydrogen-bond donors (Lipinski definition) is 0. The van der Waals surface area contributed by atoms with Gasteiger partial charge in [0.15, 0.2) is 0 Å². The highest BCUT2D eigenvalue weighted by atomic mass is 16.6. The second kappa shape index (κ2) is 12.9. The highest BCUT2D eigenvalue weighted by Gasteiger charge is 2.36. The van der Waals surface area contributed by atoms with Gasteiger partial charge in [-0.25, -0.2) is 0 Å². The molecule has 1 fully saturated rings. The van der Waals surface area contributed by atoms with Crippen LogP contribution in [-0.4, -0.2) is 25.3 Å². The van der Waals surface area contributed by atoms with Gasteiger partial charge < -0.3 is 9.47 Å². The van der Waals surface area contributed by atoms with Gasteiger partial charge in [0.1, 0.15) is 0 Å². The smallest absolute Gasteiger partial charge is 0.305 e. The summed E-state index contributed by atoms with van der Waals surface area (Å²) in [5.74, 6) is -0.0797. The number of unbranched alkanes of at least 4 members (excludes halogenated alkanes) is 9. The highest BCUT2D eigenvalue weighted by molar-refractivity contribution is 5.68. The summed E-state index contributed by atoms with van der Waals surface area (Å²) in [6, 6.07) is 0. The largest absolute Gasteiger partial charge is 0.469 e. The van der Waals surface area contributed by atoms with Gasteiger partial charge in [-0.3, -0.25) is 4.79 Å². The van der Waals surface area contributed by atoms with E-state index in [0.29, 0.717) is 18.6 Å². The molecule has 1 aliphatic rings. The summed E-state index contributed by atoms with van der Waals surface area (Å²) in [6.45, 7) is 2.27. The topological polar surface area (TPSA) is 38.8 Å². The Morgan fingerprint density at radius 2 is 1.32 bits per heavy atom. The van der Waals surface area contributed by atoms with Gasteiger partial charge in [-0.15, -0.1) is 0 Å². The molecular formula is C19H36O3. The van der Waals surface area contributed by atoms with E-state index in [-0.39, 0.29) is 5.97 Å². The molecule has 0 spiro atoms. The van der Waals surface area contributed by atoms with E-state index in [2.05, 4.69) is 11.7 Å². The van der Waals surface area contributed by atoms with Gasteiger partial charge >= 0.3 is 5.97 Å². The second-order valence-corrected chi connectivity index (χ2v) is 6.65. The minimum absolute atomic E-state index is 0.0797. The number of rotatable bonds is 15. The van der Waals surface area contributed by atoms with Gasteiger partial charge in [-0.2, -0.15) is 0 Å². The normalized spacial score (nSPS) is 20.1. The Balaban J connectivity index is 1.77. The van der Waals surface area contributed by atoms with Crippen LogP contribution in [0.2, 0.25) is 0 Å². The predicted octanol–water partition coefficient (Wildman–Crippen LogP) is 5.41. The minimum atomic E-state index is -0.0797. The maximum absolute atomic E-state index is 11.0. The van der Waals surface area contributed by atoms with Gasteiger partial charge in [0.05, 0.1) is 19.3 Å². The summed E-state index contributed by atoms with van der Waals surface area (Å²) in [7, 11) is 1.46. The van der Waals surface area contributed by atoms with Crippen LogP contribution in [0.1, 0.15) is 96.8 Å². The number of esters is 1. The molecule has 0 bridgehead atoms. The molecule has 1 heterocycles. The zero-order valence-electron chi connectivity index (χ0n) is 14.8. The third-order valence-corrected chi connectivity index (χ3v) is 4.63. The van der Waals surface area contributed by atoms with Gasteiger partial charge in [0.25, 0.3) is 0 Å². The fourth-order valence-corrected chi connectivity index (χ4v) is 3.06. The Labute approximate surface area is 137 Å². The molecule has 0 aromatic rings. The van der Waals surface area contributed by atoms with Crippen LogP contribution in [0.25, 0.3) is 0 Å². The number of carbonyl (C=O) groups is 1. The molecule has 2 atom stereocenters. The standard InChI is InChI=1S/C19H36O3/c1-3-4-5-6-8-11-14-17-18(22-17)15-12-9-7-10-13-16-19(20)21-2/h17-18H,3-16H2,1-2H3/t17-,18+/m1/s1. The van der Waals surface area contributed by atoms with Crippen LogP contribution in [0.5, 0.6) is 0 Å². The summed E-state index contributed by atoms with van der Waals surface area (Å²) < 4.78 is 10.4. The number of methoxy groups -OCH3 is 1. The average molecular weight is 312 g/mol. The van der Waals surface area contributed by atoms with E-state index < -0.39 is 0 Å². The van der Waals surface area contributed by atoms with Gasteiger partial charge in [0, 0.05) is 6.42 Å². The number of carbonyl (C=O) groups excluding carboxylic acids is 1. The van der Waals surface area contributed by atoms with Crippen molar-refractivity contribution in [1.82, 2.24) is 0 Å². The van der Waals surface area contributed by atoms with Crippen LogP contribution in [0.4, 0.5) is 0 Å². The van der Waals surface area contributed by atoms with Crippen molar-refractivity contribution < 1.29 is 14.3 Å². The predicted molar refractivity (Wildman–Crippen MR) is 91.0 cm³/mol. The van der Waals surface area contributed by atoms with Crippen LogP contribution in [-0.2, 0) is 14.3 Å². The molecule has 0 radical (unpaired) electrons. The first kappa shape index (κ1) is 19.5. The summed E-state index contributed by atoms with van der Waals surface area (Å²) >= 11 is 0. The highest BCUT2D eigenvalue weighted by Crippen LogP contribution is 2.31. The molecule has 22 heavy (non-hydrogen) atoms. The molecule has 130 valence electrons. The van der Waals surface area contributed by atoms with E-state index in [0.717, 1.165) is 12.8 Å². The van der Waals surface area contributed by atoms with E-state index in [1.165, 1.54) is 77.7 Å². The van der Waals surface area contributed by atoms with Crippen LogP contribution in [0.3, 0.4) is 0 Å². The molecule has 1 aliphatic heterocycles. The minimum Gasteiger partial charge on any atom is -0.469 e. The van der Waals surface area contributed by atoms with Crippen LogP contribution >= 0.6 is 0 Å². The third kappa shape index (κ3) is 10.2. The molecule has 3 nitrogen and oxygen atoms in total. The summed E-state index contributed by atoms with van der Waals surface area (Å²) in [5.41, 5.74) is 0.